The summed E-state index contributed by atoms with van der Waals surface area (Å²) in [5.74, 6) is -0.289. The largest absolute Gasteiger partial charge is 0.348 e. The Morgan fingerprint density at radius 3 is 2.67 bits per heavy atom. The van der Waals surface area contributed by atoms with E-state index in [9.17, 15) is 13.2 Å². The monoisotopic (exact) mass is 386 g/mol. The second kappa shape index (κ2) is 7.72. The number of nitrogens with zero attached hydrogens (tertiary/aromatic N) is 1. The molecule has 3 rings (SSSR count). The number of fused-ring (bicyclic) bond motifs is 1. The number of aryl methyl sites for hydroxylation is 3. The maximum atomic E-state index is 12.7. The Labute approximate surface area is 161 Å². The van der Waals surface area contributed by atoms with Crippen molar-refractivity contribution in [3.05, 3.63) is 64.7 Å². The van der Waals surface area contributed by atoms with Gasteiger partial charge in [0.25, 0.3) is 0 Å². The minimum Gasteiger partial charge on any atom is -0.348 e. The van der Waals surface area contributed by atoms with E-state index in [1.807, 2.05) is 44.2 Å². The fraction of sp³-hybridized carbons (Fsp3) is 0.381. The van der Waals surface area contributed by atoms with Gasteiger partial charge in [-0.1, -0.05) is 36.4 Å². The van der Waals surface area contributed by atoms with E-state index in [0.717, 1.165) is 42.2 Å². The van der Waals surface area contributed by atoms with Gasteiger partial charge in [0.2, 0.25) is 15.9 Å². The van der Waals surface area contributed by atoms with Crippen LogP contribution in [0.1, 0.15) is 41.1 Å². The molecule has 2 aromatic carbocycles. The molecule has 0 spiro atoms. The van der Waals surface area contributed by atoms with Crippen molar-refractivity contribution in [3.63, 3.8) is 0 Å². The minimum absolute atomic E-state index is 0.0672. The Bertz CT molecular complexity index is 954. The van der Waals surface area contributed by atoms with E-state index in [1.54, 1.807) is 6.07 Å². The maximum Gasteiger partial charge on any atom is 0.241 e. The molecule has 0 aromatic heterocycles. The first-order chi connectivity index (χ1) is 12.8. The van der Waals surface area contributed by atoms with Crippen molar-refractivity contribution in [1.82, 2.24) is 5.32 Å². The number of carbonyl (C=O) groups is 1. The smallest absolute Gasteiger partial charge is 0.241 e. The molecule has 27 heavy (non-hydrogen) atoms. The lowest BCUT2D eigenvalue weighted by molar-refractivity contribution is -0.120. The zero-order chi connectivity index (χ0) is 19.6. The number of hydrogen-bond acceptors (Lipinski definition) is 3. The van der Waals surface area contributed by atoms with Crippen molar-refractivity contribution in [2.24, 2.45) is 0 Å². The van der Waals surface area contributed by atoms with Crippen molar-refractivity contribution in [3.8, 4) is 0 Å². The molecule has 0 aliphatic heterocycles. The molecule has 2 aromatic rings. The van der Waals surface area contributed by atoms with E-state index in [2.05, 4.69) is 11.4 Å². The van der Waals surface area contributed by atoms with Crippen molar-refractivity contribution in [2.45, 2.75) is 39.2 Å². The molecule has 6 heteroatoms. The standard InChI is InChI=1S/C21H26N2O3S/c1-15-11-12-16(2)20(13-15)23(27(3,25)26)14-21(24)22-19-10-6-8-17-7-4-5-9-18(17)19/h4-5,7,9,11-13,19H,6,8,10,14H2,1-3H3,(H,22,24). The summed E-state index contributed by atoms with van der Waals surface area (Å²) in [5.41, 5.74) is 4.71. The average molecular weight is 387 g/mol. The van der Waals surface area contributed by atoms with Gasteiger partial charge in [-0.05, 0) is 61.4 Å². The van der Waals surface area contributed by atoms with Gasteiger partial charge in [-0.2, -0.15) is 0 Å². The lowest BCUT2D eigenvalue weighted by Crippen LogP contribution is -2.42. The second-order valence-corrected chi connectivity index (χ2v) is 9.18. The van der Waals surface area contributed by atoms with Crippen LogP contribution in [0, 0.1) is 13.8 Å². The Morgan fingerprint density at radius 1 is 1.19 bits per heavy atom. The fourth-order valence-corrected chi connectivity index (χ4v) is 4.55. The van der Waals surface area contributed by atoms with E-state index < -0.39 is 10.0 Å². The molecule has 0 radical (unpaired) electrons. The van der Waals surface area contributed by atoms with Gasteiger partial charge in [-0.15, -0.1) is 0 Å². The van der Waals surface area contributed by atoms with Gasteiger partial charge in [-0.3, -0.25) is 9.10 Å². The maximum absolute atomic E-state index is 12.7. The first-order valence-corrected chi connectivity index (χ1v) is 11.0. The van der Waals surface area contributed by atoms with Gasteiger partial charge in [0.1, 0.15) is 6.54 Å². The van der Waals surface area contributed by atoms with Gasteiger partial charge in [-0.25, -0.2) is 8.42 Å². The van der Waals surface area contributed by atoms with Crippen molar-refractivity contribution >= 4 is 21.6 Å². The third-order valence-corrected chi connectivity index (χ3v) is 6.15. The number of anilines is 1. The molecule has 1 unspecified atom stereocenters. The van der Waals surface area contributed by atoms with Gasteiger partial charge in [0.15, 0.2) is 0 Å². The summed E-state index contributed by atoms with van der Waals surface area (Å²) in [5, 5.41) is 3.04. The van der Waals surface area contributed by atoms with E-state index >= 15 is 0 Å². The summed E-state index contributed by atoms with van der Waals surface area (Å²) < 4.78 is 25.9. The van der Waals surface area contributed by atoms with Crippen molar-refractivity contribution < 1.29 is 13.2 Å². The number of amides is 1. The molecule has 1 aliphatic carbocycles. The van der Waals surface area contributed by atoms with Gasteiger partial charge >= 0.3 is 0 Å². The Hall–Kier alpha value is -2.34. The van der Waals surface area contributed by atoms with Crippen LogP contribution >= 0.6 is 0 Å². The molecule has 0 heterocycles. The predicted octanol–water partition coefficient (Wildman–Crippen LogP) is 3.26. The summed E-state index contributed by atoms with van der Waals surface area (Å²) in [7, 11) is -3.58. The highest BCUT2D eigenvalue weighted by Crippen LogP contribution is 2.29. The van der Waals surface area contributed by atoms with Crippen LogP contribution in [0.2, 0.25) is 0 Å². The molecule has 0 bridgehead atoms. The lowest BCUT2D eigenvalue weighted by Gasteiger charge is -2.28. The molecule has 0 saturated heterocycles. The first-order valence-electron chi connectivity index (χ1n) is 9.18. The van der Waals surface area contributed by atoms with Crippen LogP contribution in [0.5, 0.6) is 0 Å². The minimum atomic E-state index is -3.58. The summed E-state index contributed by atoms with van der Waals surface area (Å²) in [6, 6.07) is 13.7. The molecule has 0 fully saturated rings. The second-order valence-electron chi connectivity index (χ2n) is 7.27. The molecule has 1 amide bonds. The zero-order valence-corrected chi connectivity index (χ0v) is 16.8. The molecule has 5 nitrogen and oxygen atoms in total. The number of carbonyl (C=O) groups excluding carboxylic acids is 1. The molecular formula is C21H26N2O3S. The van der Waals surface area contributed by atoms with Crippen LogP contribution < -0.4 is 9.62 Å². The van der Waals surface area contributed by atoms with Crippen LogP contribution in [-0.2, 0) is 21.2 Å². The Kier molecular flexibility index (Phi) is 5.56. The third kappa shape index (κ3) is 4.50. The molecule has 144 valence electrons. The number of nitrogens with one attached hydrogen (secondary N) is 1. The van der Waals surface area contributed by atoms with E-state index in [0.29, 0.717) is 5.69 Å². The van der Waals surface area contributed by atoms with E-state index in [-0.39, 0.29) is 18.5 Å². The van der Waals surface area contributed by atoms with Gasteiger partial charge in [0.05, 0.1) is 18.0 Å². The SMILES string of the molecule is Cc1ccc(C)c(N(CC(=O)NC2CCCc3ccccc32)S(C)(=O)=O)c1. The van der Waals surface area contributed by atoms with E-state index in [4.69, 9.17) is 0 Å². The zero-order valence-electron chi connectivity index (χ0n) is 16.0. The number of hydrogen-bond donors (Lipinski definition) is 1. The summed E-state index contributed by atoms with van der Waals surface area (Å²) in [4.78, 5) is 12.7. The summed E-state index contributed by atoms with van der Waals surface area (Å²) >= 11 is 0. The Balaban J connectivity index is 1.81. The van der Waals surface area contributed by atoms with E-state index in [1.165, 1.54) is 9.87 Å². The fourth-order valence-electron chi connectivity index (χ4n) is 3.64. The van der Waals surface area contributed by atoms with Gasteiger partial charge in [0, 0.05) is 0 Å². The lowest BCUT2D eigenvalue weighted by atomic mass is 9.88. The highest BCUT2D eigenvalue weighted by atomic mass is 32.2. The van der Waals surface area contributed by atoms with Crippen molar-refractivity contribution in [2.75, 3.05) is 17.1 Å². The Morgan fingerprint density at radius 2 is 1.93 bits per heavy atom. The van der Waals surface area contributed by atoms with Crippen LogP contribution in [0.25, 0.3) is 0 Å². The molecule has 1 atom stereocenters. The normalized spacial score (nSPS) is 16.5. The summed E-state index contributed by atoms with van der Waals surface area (Å²) in [6.45, 7) is 3.53. The number of sulfonamides is 1. The molecule has 1 aliphatic rings. The highest BCUT2D eigenvalue weighted by Gasteiger charge is 2.26. The number of rotatable bonds is 5. The number of benzene rings is 2. The summed E-state index contributed by atoms with van der Waals surface area (Å²) in [6.07, 6.45) is 4.03. The van der Waals surface area contributed by atoms with Crippen LogP contribution in [0.15, 0.2) is 42.5 Å². The third-order valence-electron chi connectivity index (χ3n) is 5.03. The highest BCUT2D eigenvalue weighted by molar-refractivity contribution is 7.92. The van der Waals surface area contributed by atoms with Crippen LogP contribution in [0.4, 0.5) is 5.69 Å². The quantitative estimate of drug-likeness (QED) is 0.858. The van der Waals surface area contributed by atoms with Crippen molar-refractivity contribution in [1.29, 1.82) is 0 Å². The predicted molar refractivity (Wildman–Crippen MR) is 108 cm³/mol. The molecule has 1 N–H and O–H groups in total. The van der Waals surface area contributed by atoms with Crippen LogP contribution in [0.3, 0.4) is 0 Å². The van der Waals surface area contributed by atoms with Gasteiger partial charge < -0.3 is 5.32 Å². The first kappa shape index (κ1) is 19.4. The topological polar surface area (TPSA) is 66.5 Å². The average Bonchev–Trinajstić information content (AvgIpc) is 2.61. The molecule has 0 saturated carbocycles. The van der Waals surface area contributed by atoms with Crippen LogP contribution in [-0.4, -0.2) is 27.1 Å². The molecular weight excluding hydrogens is 360 g/mol.